The van der Waals surface area contributed by atoms with Gasteiger partial charge in [0, 0.05) is 13.1 Å². The van der Waals surface area contributed by atoms with Gasteiger partial charge in [-0.15, -0.1) is 0 Å². The van der Waals surface area contributed by atoms with E-state index in [1.54, 1.807) is 0 Å². The highest BCUT2D eigenvalue weighted by Crippen LogP contribution is 2.25. The van der Waals surface area contributed by atoms with Crippen LogP contribution in [-0.4, -0.2) is 30.5 Å². The number of rotatable bonds is 8. The van der Waals surface area contributed by atoms with Crippen LogP contribution in [0.25, 0.3) is 0 Å². The molecule has 20 heavy (non-hydrogen) atoms. The zero-order valence-electron chi connectivity index (χ0n) is 13.2. The minimum Gasteiger partial charge on any atom is -0.483 e. The molecule has 0 aromatic heterocycles. The van der Waals surface area contributed by atoms with Gasteiger partial charge < -0.3 is 9.64 Å². The molecule has 0 unspecified atom stereocenters. The number of carbonyl (C=O) groups is 1. The van der Waals surface area contributed by atoms with Gasteiger partial charge in [0.2, 0.25) is 0 Å². The molecule has 0 aliphatic rings. The Morgan fingerprint density at radius 3 is 2.30 bits per heavy atom. The molecule has 0 heterocycles. The SMILES string of the molecule is CCCN(CCC)C(=O)COc1ccccc1C(C)C. The first-order valence-electron chi connectivity index (χ1n) is 7.59. The molecule has 3 heteroatoms. The summed E-state index contributed by atoms with van der Waals surface area (Å²) in [4.78, 5) is 14.1. The molecule has 0 aliphatic heterocycles. The average Bonchev–Trinajstić information content (AvgIpc) is 2.44. The normalized spacial score (nSPS) is 10.7. The summed E-state index contributed by atoms with van der Waals surface area (Å²) < 4.78 is 5.74. The number of benzene rings is 1. The van der Waals surface area contributed by atoms with Gasteiger partial charge in [0.1, 0.15) is 5.75 Å². The first-order chi connectivity index (χ1) is 9.60. The van der Waals surface area contributed by atoms with Crippen molar-refractivity contribution in [1.29, 1.82) is 0 Å². The Hall–Kier alpha value is -1.51. The van der Waals surface area contributed by atoms with Gasteiger partial charge in [0.05, 0.1) is 0 Å². The van der Waals surface area contributed by atoms with Crippen molar-refractivity contribution < 1.29 is 9.53 Å². The Kier molecular flexibility index (Phi) is 7.13. The number of nitrogens with zero attached hydrogens (tertiary/aromatic N) is 1. The number of hydrogen-bond donors (Lipinski definition) is 0. The molecular formula is C17H27NO2. The molecule has 0 radical (unpaired) electrons. The van der Waals surface area contributed by atoms with E-state index in [1.807, 2.05) is 23.1 Å². The van der Waals surface area contributed by atoms with E-state index in [4.69, 9.17) is 4.74 Å². The minimum atomic E-state index is 0.0762. The van der Waals surface area contributed by atoms with Crippen molar-refractivity contribution in [3.05, 3.63) is 29.8 Å². The van der Waals surface area contributed by atoms with Crippen molar-refractivity contribution in [3.63, 3.8) is 0 Å². The van der Waals surface area contributed by atoms with E-state index >= 15 is 0 Å². The van der Waals surface area contributed by atoms with Crippen LogP contribution in [0.5, 0.6) is 5.75 Å². The van der Waals surface area contributed by atoms with E-state index < -0.39 is 0 Å². The highest BCUT2D eigenvalue weighted by atomic mass is 16.5. The van der Waals surface area contributed by atoms with Crippen LogP contribution in [0, 0.1) is 0 Å². The summed E-state index contributed by atoms with van der Waals surface area (Å²) in [5, 5.41) is 0. The molecule has 1 amide bonds. The monoisotopic (exact) mass is 277 g/mol. The second-order valence-corrected chi connectivity index (χ2v) is 5.36. The molecule has 0 aliphatic carbocycles. The Morgan fingerprint density at radius 2 is 1.75 bits per heavy atom. The second kappa shape index (κ2) is 8.62. The molecule has 1 aromatic carbocycles. The fraction of sp³-hybridized carbons (Fsp3) is 0.588. The Balaban J connectivity index is 2.64. The van der Waals surface area contributed by atoms with E-state index in [-0.39, 0.29) is 12.5 Å². The Morgan fingerprint density at radius 1 is 1.15 bits per heavy atom. The van der Waals surface area contributed by atoms with Gasteiger partial charge in [-0.2, -0.15) is 0 Å². The molecule has 0 N–H and O–H groups in total. The first kappa shape index (κ1) is 16.5. The highest BCUT2D eigenvalue weighted by Gasteiger charge is 2.14. The molecule has 0 fully saturated rings. The van der Waals surface area contributed by atoms with E-state index in [0.717, 1.165) is 37.2 Å². The topological polar surface area (TPSA) is 29.5 Å². The molecule has 0 saturated heterocycles. The maximum atomic E-state index is 12.2. The first-order valence-corrected chi connectivity index (χ1v) is 7.59. The third kappa shape index (κ3) is 4.87. The third-order valence-corrected chi connectivity index (χ3v) is 3.23. The summed E-state index contributed by atoms with van der Waals surface area (Å²) in [5.74, 6) is 1.29. The van der Waals surface area contributed by atoms with Crippen molar-refractivity contribution in [2.45, 2.75) is 46.5 Å². The standard InChI is InChI=1S/C17H27NO2/c1-5-11-18(12-6-2)17(19)13-20-16-10-8-7-9-15(16)14(3)4/h7-10,14H,5-6,11-13H2,1-4H3. The van der Waals surface area contributed by atoms with Crippen LogP contribution >= 0.6 is 0 Å². The molecule has 3 nitrogen and oxygen atoms in total. The van der Waals surface area contributed by atoms with Gasteiger partial charge in [0.25, 0.3) is 5.91 Å². The fourth-order valence-electron chi connectivity index (χ4n) is 2.22. The zero-order chi connectivity index (χ0) is 15.0. The van der Waals surface area contributed by atoms with E-state index in [2.05, 4.69) is 33.8 Å². The molecule has 0 atom stereocenters. The summed E-state index contributed by atoms with van der Waals surface area (Å²) in [6.07, 6.45) is 1.96. The number of amides is 1. The van der Waals surface area contributed by atoms with Gasteiger partial charge in [-0.3, -0.25) is 4.79 Å². The van der Waals surface area contributed by atoms with Crippen molar-refractivity contribution in [2.24, 2.45) is 0 Å². The fourth-order valence-corrected chi connectivity index (χ4v) is 2.22. The molecule has 0 saturated carbocycles. The number of ether oxygens (including phenoxy) is 1. The van der Waals surface area contributed by atoms with Crippen LogP contribution in [0.4, 0.5) is 0 Å². The maximum absolute atomic E-state index is 12.2. The van der Waals surface area contributed by atoms with Gasteiger partial charge in [-0.05, 0) is 30.4 Å². The smallest absolute Gasteiger partial charge is 0.260 e. The van der Waals surface area contributed by atoms with Crippen LogP contribution in [0.15, 0.2) is 24.3 Å². The summed E-state index contributed by atoms with van der Waals surface area (Å²) in [6.45, 7) is 10.2. The molecule has 1 aromatic rings. The summed E-state index contributed by atoms with van der Waals surface area (Å²) in [5.41, 5.74) is 1.15. The van der Waals surface area contributed by atoms with E-state index in [0.29, 0.717) is 5.92 Å². The summed E-state index contributed by atoms with van der Waals surface area (Å²) in [7, 11) is 0. The zero-order valence-corrected chi connectivity index (χ0v) is 13.2. The van der Waals surface area contributed by atoms with E-state index in [9.17, 15) is 4.79 Å². The largest absolute Gasteiger partial charge is 0.483 e. The van der Waals surface area contributed by atoms with Gasteiger partial charge in [0.15, 0.2) is 6.61 Å². The lowest BCUT2D eigenvalue weighted by atomic mass is 10.0. The van der Waals surface area contributed by atoms with Gasteiger partial charge >= 0.3 is 0 Å². The lowest BCUT2D eigenvalue weighted by Crippen LogP contribution is -2.36. The van der Waals surface area contributed by atoms with Gasteiger partial charge in [-0.25, -0.2) is 0 Å². The van der Waals surface area contributed by atoms with Gasteiger partial charge in [-0.1, -0.05) is 45.9 Å². The van der Waals surface area contributed by atoms with Crippen molar-refractivity contribution in [1.82, 2.24) is 4.90 Å². The Labute approximate surface area is 122 Å². The van der Waals surface area contributed by atoms with E-state index in [1.165, 1.54) is 0 Å². The summed E-state index contributed by atoms with van der Waals surface area (Å²) in [6, 6.07) is 7.94. The van der Waals surface area contributed by atoms with Crippen LogP contribution in [0.3, 0.4) is 0 Å². The number of hydrogen-bond acceptors (Lipinski definition) is 2. The number of carbonyl (C=O) groups excluding carboxylic acids is 1. The highest BCUT2D eigenvalue weighted by molar-refractivity contribution is 5.77. The van der Waals surface area contributed by atoms with Crippen LogP contribution in [0.1, 0.15) is 52.0 Å². The number of para-hydroxylation sites is 1. The molecule has 1 rings (SSSR count). The second-order valence-electron chi connectivity index (χ2n) is 5.36. The Bertz CT molecular complexity index is 409. The molecule has 112 valence electrons. The predicted octanol–water partition coefficient (Wildman–Crippen LogP) is 3.84. The van der Waals surface area contributed by atoms with Crippen molar-refractivity contribution in [3.8, 4) is 5.75 Å². The van der Waals surface area contributed by atoms with Crippen LogP contribution in [0.2, 0.25) is 0 Å². The molecular weight excluding hydrogens is 250 g/mol. The third-order valence-electron chi connectivity index (χ3n) is 3.23. The predicted molar refractivity (Wildman–Crippen MR) is 83.2 cm³/mol. The quantitative estimate of drug-likeness (QED) is 0.722. The lowest BCUT2D eigenvalue weighted by Gasteiger charge is -2.22. The lowest BCUT2D eigenvalue weighted by molar-refractivity contribution is -0.133. The molecule has 0 spiro atoms. The van der Waals surface area contributed by atoms with Crippen LogP contribution < -0.4 is 4.74 Å². The van der Waals surface area contributed by atoms with Crippen molar-refractivity contribution >= 4 is 5.91 Å². The minimum absolute atomic E-state index is 0.0762. The average molecular weight is 277 g/mol. The van der Waals surface area contributed by atoms with Crippen LogP contribution in [-0.2, 0) is 4.79 Å². The maximum Gasteiger partial charge on any atom is 0.260 e. The summed E-state index contributed by atoms with van der Waals surface area (Å²) >= 11 is 0. The van der Waals surface area contributed by atoms with Crippen molar-refractivity contribution in [2.75, 3.05) is 19.7 Å². The molecule has 0 bridgehead atoms.